The predicted molar refractivity (Wildman–Crippen MR) is 88.5 cm³/mol. The number of carboxylic acid groups (broad SMARTS) is 1. The molecule has 1 unspecified atom stereocenters. The van der Waals surface area contributed by atoms with Crippen molar-refractivity contribution in [2.24, 2.45) is 11.5 Å². The van der Waals surface area contributed by atoms with Crippen LogP contribution in [0.4, 0.5) is 0 Å². The Hall–Kier alpha value is -2.29. The number of aromatic nitrogens is 3. The Kier molecular flexibility index (Phi) is 6.02. The zero-order valence-electron chi connectivity index (χ0n) is 12.8. The standard InChI is InChI=1S/C15H18ClN5O3/c16-10-6-4-9(5-7-10)13-8-21(20-19-13)14(22)11(17)2-1-3-12(18)15(23)24/h4-8,11-12H,1-3,17-18H2,(H,23,24)/t11?,12-/m0/s1. The van der Waals surface area contributed by atoms with E-state index in [0.717, 1.165) is 10.2 Å². The van der Waals surface area contributed by atoms with Crippen LogP contribution in [0.5, 0.6) is 0 Å². The first-order valence-corrected chi connectivity index (χ1v) is 7.72. The SMILES string of the molecule is NC(CCC[C@H](N)C(=O)O)C(=O)n1cc(-c2ccc(Cl)cc2)nn1. The third-order valence-electron chi connectivity index (χ3n) is 3.52. The van der Waals surface area contributed by atoms with Crippen LogP contribution in [0.2, 0.25) is 5.02 Å². The second kappa shape index (κ2) is 8.00. The Bertz CT molecular complexity index is 716. The highest BCUT2D eigenvalue weighted by Crippen LogP contribution is 2.19. The number of nitrogens with zero attached hydrogens (tertiary/aromatic N) is 3. The van der Waals surface area contributed by atoms with E-state index < -0.39 is 24.0 Å². The van der Waals surface area contributed by atoms with Crippen LogP contribution in [0.15, 0.2) is 30.5 Å². The van der Waals surface area contributed by atoms with E-state index >= 15 is 0 Å². The molecule has 0 amide bonds. The van der Waals surface area contributed by atoms with Crippen LogP contribution >= 0.6 is 11.6 Å². The van der Waals surface area contributed by atoms with Crippen molar-refractivity contribution in [2.75, 3.05) is 0 Å². The van der Waals surface area contributed by atoms with Gasteiger partial charge in [-0.15, -0.1) is 5.10 Å². The zero-order valence-corrected chi connectivity index (χ0v) is 13.6. The Morgan fingerprint density at radius 1 is 1.17 bits per heavy atom. The average Bonchev–Trinajstić information content (AvgIpc) is 3.04. The lowest BCUT2D eigenvalue weighted by molar-refractivity contribution is -0.138. The maximum absolute atomic E-state index is 12.2. The van der Waals surface area contributed by atoms with Crippen molar-refractivity contribution in [1.29, 1.82) is 0 Å². The summed E-state index contributed by atoms with van der Waals surface area (Å²) in [7, 11) is 0. The van der Waals surface area contributed by atoms with Gasteiger partial charge in [-0.1, -0.05) is 28.9 Å². The quantitative estimate of drug-likeness (QED) is 0.680. The maximum atomic E-state index is 12.2. The van der Waals surface area contributed by atoms with E-state index in [1.807, 2.05) is 0 Å². The minimum Gasteiger partial charge on any atom is -0.480 e. The number of benzene rings is 1. The molecule has 0 fully saturated rings. The van der Waals surface area contributed by atoms with E-state index in [2.05, 4.69) is 10.3 Å². The Balaban J connectivity index is 1.95. The van der Waals surface area contributed by atoms with Crippen LogP contribution in [-0.2, 0) is 4.79 Å². The van der Waals surface area contributed by atoms with E-state index in [1.165, 1.54) is 6.20 Å². The Labute approximate surface area is 143 Å². The van der Waals surface area contributed by atoms with Gasteiger partial charge in [-0.05, 0) is 31.4 Å². The number of rotatable bonds is 7. The first-order valence-electron chi connectivity index (χ1n) is 7.35. The van der Waals surface area contributed by atoms with E-state index in [0.29, 0.717) is 23.6 Å². The van der Waals surface area contributed by atoms with Crippen LogP contribution in [0.25, 0.3) is 11.3 Å². The fourth-order valence-electron chi connectivity index (χ4n) is 2.10. The molecule has 0 spiro atoms. The maximum Gasteiger partial charge on any atom is 0.320 e. The minimum atomic E-state index is -1.07. The summed E-state index contributed by atoms with van der Waals surface area (Å²) in [5.74, 6) is -1.48. The Morgan fingerprint density at radius 2 is 1.79 bits per heavy atom. The van der Waals surface area contributed by atoms with Crippen LogP contribution in [-0.4, -0.2) is 44.1 Å². The molecule has 5 N–H and O–H groups in total. The molecule has 0 aliphatic carbocycles. The second-order valence-corrected chi connectivity index (χ2v) is 5.81. The fourth-order valence-corrected chi connectivity index (χ4v) is 2.22. The van der Waals surface area contributed by atoms with Gasteiger partial charge in [0.15, 0.2) is 0 Å². The van der Waals surface area contributed by atoms with Gasteiger partial charge in [0.2, 0.25) is 0 Å². The Morgan fingerprint density at radius 3 is 2.42 bits per heavy atom. The predicted octanol–water partition coefficient (Wildman–Crippen LogP) is 1.15. The average molecular weight is 352 g/mol. The molecule has 1 heterocycles. The number of aliphatic carboxylic acids is 1. The molecule has 9 heteroatoms. The molecule has 128 valence electrons. The normalized spacial score (nSPS) is 13.5. The summed E-state index contributed by atoms with van der Waals surface area (Å²) in [6.07, 6.45) is 2.49. The molecule has 0 radical (unpaired) electrons. The largest absolute Gasteiger partial charge is 0.480 e. The van der Waals surface area contributed by atoms with Crippen molar-refractivity contribution in [3.8, 4) is 11.3 Å². The van der Waals surface area contributed by atoms with Gasteiger partial charge in [-0.3, -0.25) is 9.59 Å². The van der Waals surface area contributed by atoms with Crippen LogP contribution in [0.1, 0.15) is 24.1 Å². The lowest BCUT2D eigenvalue weighted by atomic mass is 10.1. The molecular formula is C15H18ClN5O3. The number of nitrogens with two attached hydrogens (primary N) is 2. The summed E-state index contributed by atoms with van der Waals surface area (Å²) >= 11 is 5.83. The molecule has 2 rings (SSSR count). The number of halogens is 1. The summed E-state index contributed by atoms with van der Waals surface area (Å²) in [4.78, 5) is 22.9. The molecule has 1 aromatic carbocycles. The highest BCUT2D eigenvalue weighted by atomic mass is 35.5. The van der Waals surface area contributed by atoms with Crippen LogP contribution in [0, 0.1) is 0 Å². The summed E-state index contributed by atoms with van der Waals surface area (Å²) in [5.41, 5.74) is 12.5. The van der Waals surface area contributed by atoms with Crippen molar-refractivity contribution in [3.05, 3.63) is 35.5 Å². The van der Waals surface area contributed by atoms with Crippen LogP contribution < -0.4 is 11.5 Å². The van der Waals surface area contributed by atoms with Crippen LogP contribution in [0.3, 0.4) is 0 Å². The lowest BCUT2D eigenvalue weighted by Crippen LogP contribution is -2.36. The van der Waals surface area contributed by atoms with Crippen molar-refractivity contribution in [3.63, 3.8) is 0 Å². The first kappa shape index (κ1) is 18.1. The van der Waals surface area contributed by atoms with Gasteiger partial charge in [0.1, 0.15) is 11.7 Å². The minimum absolute atomic E-state index is 0.254. The monoisotopic (exact) mass is 351 g/mol. The summed E-state index contributed by atoms with van der Waals surface area (Å²) in [6, 6.07) is 5.23. The van der Waals surface area contributed by atoms with Crippen molar-refractivity contribution < 1.29 is 14.7 Å². The molecule has 8 nitrogen and oxygen atoms in total. The summed E-state index contributed by atoms with van der Waals surface area (Å²) < 4.78 is 1.09. The topological polar surface area (TPSA) is 137 Å². The van der Waals surface area contributed by atoms with Gasteiger partial charge < -0.3 is 16.6 Å². The molecule has 24 heavy (non-hydrogen) atoms. The number of hydrogen-bond donors (Lipinski definition) is 3. The molecule has 0 saturated heterocycles. The second-order valence-electron chi connectivity index (χ2n) is 5.38. The van der Waals surface area contributed by atoms with Crippen molar-refractivity contribution >= 4 is 23.5 Å². The molecule has 2 atom stereocenters. The number of carbonyl (C=O) groups is 2. The van der Waals surface area contributed by atoms with Gasteiger partial charge in [0.05, 0.1) is 12.2 Å². The van der Waals surface area contributed by atoms with E-state index in [4.69, 9.17) is 28.2 Å². The van der Waals surface area contributed by atoms with Gasteiger partial charge >= 0.3 is 5.97 Å². The number of carboxylic acids is 1. The van der Waals surface area contributed by atoms with Crippen molar-refractivity contribution in [2.45, 2.75) is 31.3 Å². The van der Waals surface area contributed by atoms with Crippen molar-refractivity contribution in [1.82, 2.24) is 15.0 Å². The van der Waals surface area contributed by atoms with E-state index in [-0.39, 0.29) is 6.42 Å². The lowest BCUT2D eigenvalue weighted by Gasteiger charge is -2.10. The molecule has 1 aromatic heterocycles. The third-order valence-corrected chi connectivity index (χ3v) is 3.78. The summed E-state index contributed by atoms with van der Waals surface area (Å²) in [6.45, 7) is 0. The van der Waals surface area contributed by atoms with E-state index in [9.17, 15) is 9.59 Å². The van der Waals surface area contributed by atoms with Gasteiger partial charge in [-0.25, -0.2) is 0 Å². The molecule has 2 aromatic rings. The number of carbonyl (C=O) groups excluding carboxylic acids is 1. The first-order chi connectivity index (χ1) is 11.4. The molecule has 0 bridgehead atoms. The van der Waals surface area contributed by atoms with Gasteiger partial charge in [-0.2, -0.15) is 4.68 Å². The third kappa shape index (κ3) is 4.60. The molecule has 0 saturated carbocycles. The van der Waals surface area contributed by atoms with Gasteiger partial charge in [0, 0.05) is 10.6 Å². The molecular weight excluding hydrogens is 334 g/mol. The van der Waals surface area contributed by atoms with E-state index in [1.54, 1.807) is 24.3 Å². The number of hydrogen-bond acceptors (Lipinski definition) is 6. The molecule has 0 aliphatic rings. The van der Waals surface area contributed by atoms with Gasteiger partial charge in [0.25, 0.3) is 5.91 Å². The highest BCUT2D eigenvalue weighted by Gasteiger charge is 2.19. The highest BCUT2D eigenvalue weighted by molar-refractivity contribution is 6.30. The molecule has 0 aliphatic heterocycles. The fraction of sp³-hybridized carbons (Fsp3) is 0.333. The zero-order chi connectivity index (χ0) is 17.7. The summed E-state index contributed by atoms with van der Waals surface area (Å²) in [5, 5.41) is 17.0. The smallest absolute Gasteiger partial charge is 0.320 e.